The molecule has 3 nitrogen and oxygen atoms in total. The summed E-state index contributed by atoms with van der Waals surface area (Å²) in [5.41, 5.74) is 6.87. The van der Waals surface area contributed by atoms with E-state index in [9.17, 15) is 8.42 Å². The van der Waals surface area contributed by atoms with Crippen LogP contribution in [-0.2, 0) is 16.3 Å². The molecule has 0 saturated carbocycles. The fourth-order valence-corrected chi connectivity index (χ4v) is 2.52. The highest BCUT2D eigenvalue weighted by Crippen LogP contribution is 2.25. The SMILES string of the molecule is CC(C)(CCN)Cc1ccc(S(C)(=O)=O)cc1. The van der Waals surface area contributed by atoms with E-state index in [-0.39, 0.29) is 5.41 Å². The molecule has 0 amide bonds. The van der Waals surface area contributed by atoms with E-state index in [1.54, 1.807) is 12.1 Å². The molecular weight excluding hydrogens is 234 g/mol. The summed E-state index contributed by atoms with van der Waals surface area (Å²) in [6.07, 6.45) is 3.09. The first kappa shape index (κ1) is 14.2. The Hall–Kier alpha value is -0.870. The summed E-state index contributed by atoms with van der Waals surface area (Å²) in [5.74, 6) is 0. The van der Waals surface area contributed by atoms with Gasteiger partial charge in [-0.25, -0.2) is 8.42 Å². The van der Waals surface area contributed by atoms with Crippen LogP contribution in [0.1, 0.15) is 25.8 Å². The molecule has 2 N–H and O–H groups in total. The fraction of sp³-hybridized carbons (Fsp3) is 0.538. The Kier molecular flexibility index (Phi) is 4.33. The maximum absolute atomic E-state index is 11.3. The van der Waals surface area contributed by atoms with Crippen LogP contribution < -0.4 is 5.73 Å². The molecule has 0 aromatic heterocycles. The van der Waals surface area contributed by atoms with Crippen molar-refractivity contribution in [2.24, 2.45) is 11.1 Å². The van der Waals surface area contributed by atoms with Crippen molar-refractivity contribution in [3.05, 3.63) is 29.8 Å². The molecule has 0 spiro atoms. The Labute approximate surface area is 104 Å². The number of hydrogen-bond donors (Lipinski definition) is 1. The molecule has 4 heteroatoms. The normalized spacial score (nSPS) is 12.7. The van der Waals surface area contributed by atoms with Gasteiger partial charge in [0.1, 0.15) is 0 Å². The predicted octanol–water partition coefficient (Wildman–Crippen LogP) is 2.01. The molecule has 0 saturated heterocycles. The molecule has 0 fully saturated rings. The average Bonchev–Trinajstić information content (AvgIpc) is 2.16. The standard InChI is InChI=1S/C13H21NO2S/c1-13(2,8-9-14)10-11-4-6-12(7-5-11)17(3,15)16/h4-7H,8-10,14H2,1-3H3. The zero-order valence-electron chi connectivity index (χ0n) is 10.7. The number of rotatable bonds is 5. The van der Waals surface area contributed by atoms with Crippen LogP contribution >= 0.6 is 0 Å². The van der Waals surface area contributed by atoms with Gasteiger partial charge in [0.25, 0.3) is 0 Å². The van der Waals surface area contributed by atoms with Gasteiger partial charge in [-0.05, 0) is 42.5 Å². The molecule has 17 heavy (non-hydrogen) atoms. The minimum atomic E-state index is -3.09. The fourth-order valence-electron chi connectivity index (χ4n) is 1.89. The summed E-state index contributed by atoms with van der Waals surface area (Å²) in [7, 11) is -3.09. The third-order valence-electron chi connectivity index (χ3n) is 2.86. The quantitative estimate of drug-likeness (QED) is 0.875. The van der Waals surface area contributed by atoms with Crippen molar-refractivity contribution in [1.29, 1.82) is 0 Å². The Morgan fingerprint density at radius 2 is 1.71 bits per heavy atom. The van der Waals surface area contributed by atoms with Gasteiger partial charge in [-0.2, -0.15) is 0 Å². The molecule has 0 aliphatic carbocycles. The van der Waals surface area contributed by atoms with E-state index >= 15 is 0 Å². The van der Waals surface area contributed by atoms with E-state index in [0.29, 0.717) is 11.4 Å². The van der Waals surface area contributed by atoms with E-state index in [0.717, 1.165) is 18.4 Å². The first-order valence-corrected chi connectivity index (χ1v) is 7.63. The van der Waals surface area contributed by atoms with Gasteiger partial charge >= 0.3 is 0 Å². The Morgan fingerprint density at radius 3 is 2.12 bits per heavy atom. The van der Waals surface area contributed by atoms with Crippen LogP contribution in [-0.4, -0.2) is 21.2 Å². The number of sulfone groups is 1. The summed E-state index contributed by atoms with van der Waals surface area (Å²) < 4.78 is 22.6. The van der Waals surface area contributed by atoms with Crippen LogP contribution in [0.5, 0.6) is 0 Å². The summed E-state index contributed by atoms with van der Waals surface area (Å²) in [6, 6.07) is 7.11. The maximum Gasteiger partial charge on any atom is 0.175 e. The van der Waals surface area contributed by atoms with Crippen molar-refractivity contribution in [3.8, 4) is 0 Å². The smallest absolute Gasteiger partial charge is 0.175 e. The molecule has 0 atom stereocenters. The van der Waals surface area contributed by atoms with E-state index in [1.807, 2.05) is 12.1 Å². The van der Waals surface area contributed by atoms with Gasteiger partial charge < -0.3 is 5.73 Å². The van der Waals surface area contributed by atoms with Gasteiger partial charge in [-0.3, -0.25) is 0 Å². The maximum atomic E-state index is 11.3. The third kappa shape index (κ3) is 4.48. The Morgan fingerprint density at radius 1 is 1.18 bits per heavy atom. The lowest BCUT2D eigenvalue weighted by Gasteiger charge is -2.23. The molecule has 0 aliphatic heterocycles. The van der Waals surface area contributed by atoms with Crippen molar-refractivity contribution in [2.45, 2.75) is 31.6 Å². The van der Waals surface area contributed by atoms with Crippen LogP contribution in [0.4, 0.5) is 0 Å². The highest BCUT2D eigenvalue weighted by atomic mass is 32.2. The minimum absolute atomic E-state index is 0.154. The van der Waals surface area contributed by atoms with Gasteiger partial charge in [0.05, 0.1) is 4.90 Å². The number of benzene rings is 1. The lowest BCUT2D eigenvalue weighted by atomic mass is 9.83. The molecule has 1 rings (SSSR count). The largest absolute Gasteiger partial charge is 0.330 e. The zero-order chi connectivity index (χ0) is 13.1. The average molecular weight is 255 g/mol. The molecule has 0 bridgehead atoms. The van der Waals surface area contributed by atoms with E-state index in [4.69, 9.17) is 5.73 Å². The molecule has 1 aromatic rings. The summed E-state index contributed by atoms with van der Waals surface area (Å²) in [4.78, 5) is 0.373. The molecule has 0 heterocycles. The molecule has 96 valence electrons. The molecule has 1 aromatic carbocycles. The monoisotopic (exact) mass is 255 g/mol. The Bertz CT molecular complexity index is 461. The molecular formula is C13H21NO2S. The summed E-state index contributed by atoms with van der Waals surface area (Å²) in [6.45, 7) is 5.02. The van der Waals surface area contributed by atoms with Crippen LogP contribution in [0.3, 0.4) is 0 Å². The van der Waals surface area contributed by atoms with Crippen LogP contribution in [0.2, 0.25) is 0 Å². The van der Waals surface area contributed by atoms with Gasteiger partial charge in [0.2, 0.25) is 0 Å². The second-order valence-electron chi connectivity index (χ2n) is 5.30. The second kappa shape index (κ2) is 5.19. The highest BCUT2D eigenvalue weighted by molar-refractivity contribution is 7.90. The van der Waals surface area contributed by atoms with E-state index in [1.165, 1.54) is 6.26 Å². The summed E-state index contributed by atoms with van der Waals surface area (Å²) >= 11 is 0. The number of hydrogen-bond acceptors (Lipinski definition) is 3. The van der Waals surface area contributed by atoms with Crippen molar-refractivity contribution in [3.63, 3.8) is 0 Å². The number of nitrogens with two attached hydrogens (primary N) is 1. The lowest BCUT2D eigenvalue weighted by molar-refractivity contribution is 0.339. The van der Waals surface area contributed by atoms with Gasteiger partial charge in [0.15, 0.2) is 9.84 Å². The van der Waals surface area contributed by atoms with Gasteiger partial charge in [-0.1, -0.05) is 26.0 Å². The van der Waals surface area contributed by atoms with Crippen LogP contribution in [0, 0.1) is 5.41 Å². The van der Waals surface area contributed by atoms with E-state index in [2.05, 4.69) is 13.8 Å². The second-order valence-corrected chi connectivity index (χ2v) is 7.31. The highest BCUT2D eigenvalue weighted by Gasteiger charge is 2.17. The van der Waals surface area contributed by atoms with Crippen molar-refractivity contribution >= 4 is 9.84 Å². The first-order valence-electron chi connectivity index (χ1n) is 5.74. The van der Waals surface area contributed by atoms with Crippen molar-refractivity contribution < 1.29 is 8.42 Å². The van der Waals surface area contributed by atoms with E-state index < -0.39 is 9.84 Å². The summed E-state index contributed by atoms with van der Waals surface area (Å²) in [5, 5.41) is 0. The first-order chi connectivity index (χ1) is 7.74. The minimum Gasteiger partial charge on any atom is -0.330 e. The van der Waals surface area contributed by atoms with Crippen LogP contribution in [0.15, 0.2) is 29.2 Å². The van der Waals surface area contributed by atoms with Crippen molar-refractivity contribution in [1.82, 2.24) is 0 Å². The topological polar surface area (TPSA) is 60.2 Å². The molecule has 0 aliphatic rings. The molecule has 0 unspecified atom stereocenters. The van der Waals surface area contributed by atoms with Crippen molar-refractivity contribution in [2.75, 3.05) is 12.8 Å². The van der Waals surface area contributed by atoms with Gasteiger partial charge in [-0.15, -0.1) is 0 Å². The zero-order valence-corrected chi connectivity index (χ0v) is 11.5. The lowest BCUT2D eigenvalue weighted by Crippen LogP contribution is -2.19. The van der Waals surface area contributed by atoms with Crippen LogP contribution in [0.25, 0.3) is 0 Å². The van der Waals surface area contributed by atoms with Gasteiger partial charge in [0, 0.05) is 6.26 Å². The predicted molar refractivity (Wildman–Crippen MR) is 70.7 cm³/mol. The molecule has 0 radical (unpaired) electrons. The Balaban J connectivity index is 2.82. The third-order valence-corrected chi connectivity index (χ3v) is 3.98.